The first kappa shape index (κ1) is 16.5. The summed E-state index contributed by atoms with van der Waals surface area (Å²) in [6.45, 7) is 2.67. The summed E-state index contributed by atoms with van der Waals surface area (Å²) in [6, 6.07) is 9.12. The Morgan fingerprint density at radius 1 is 1.32 bits per heavy atom. The molecule has 0 unspecified atom stereocenters. The summed E-state index contributed by atoms with van der Waals surface area (Å²) >= 11 is 5.78. The predicted octanol–water partition coefficient (Wildman–Crippen LogP) is 4.14. The molecule has 6 heteroatoms. The third-order valence-corrected chi connectivity index (χ3v) is 5.22. The number of benzene rings is 1. The first-order chi connectivity index (χ1) is 12.1. The molecule has 0 aliphatic carbocycles. The van der Waals surface area contributed by atoms with Gasteiger partial charge in [0.1, 0.15) is 5.82 Å². The van der Waals surface area contributed by atoms with Crippen LogP contribution in [0.4, 0.5) is 4.39 Å². The number of piperidine rings is 1. The maximum atomic E-state index is 13.7. The number of pyridine rings is 1. The Morgan fingerprint density at radius 3 is 3.04 bits per heavy atom. The number of halogens is 2. The minimum Gasteiger partial charge on any atom is -0.298 e. The average molecular weight is 359 g/mol. The van der Waals surface area contributed by atoms with Crippen molar-refractivity contribution < 1.29 is 4.39 Å². The third kappa shape index (κ3) is 3.26. The summed E-state index contributed by atoms with van der Waals surface area (Å²) in [5.41, 5.74) is 3.00. The van der Waals surface area contributed by atoms with E-state index >= 15 is 0 Å². The SMILES string of the molecule is Cn1nc([C@@H]2CCCN(Cc3ccc(Cl)c(F)c3)C2)c2cccnc21. The highest BCUT2D eigenvalue weighted by Crippen LogP contribution is 2.31. The van der Waals surface area contributed by atoms with E-state index in [9.17, 15) is 4.39 Å². The monoisotopic (exact) mass is 358 g/mol. The van der Waals surface area contributed by atoms with Gasteiger partial charge in [0.15, 0.2) is 5.65 Å². The van der Waals surface area contributed by atoms with E-state index < -0.39 is 0 Å². The topological polar surface area (TPSA) is 34.0 Å². The van der Waals surface area contributed by atoms with Crippen LogP contribution in [-0.4, -0.2) is 32.8 Å². The molecular weight excluding hydrogens is 339 g/mol. The van der Waals surface area contributed by atoms with Gasteiger partial charge in [0, 0.05) is 37.6 Å². The number of rotatable bonds is 3. The standard InChI is InChI=1S/C19H20ClFN4/c1-24-19-15(5-2-8-22-19)18(23-24)14-4-3-9-25(12-14)11-13-6-7-16(20)17(21)10-13/h2,5-8,10,14H,3-4,9,11-12H2,1H3/t14-/m1/s1. The van der Waals surface area contributed by atoms with Gasteiger partial charge in [0.2, 0.25) is 0 Å². The fourth-order valence-electron chi connectivity index (χ4n) is 3.74. The number of hydrogen-bond acceptors (Lipinski definition) is 3. The highest BCUT2D eigenvalue weighted by atomic mass is 35.5. The van der Waals surface area contributed by atoms with Crippen LogP contribution < -0.4 is 0 Å². The van der Waals surface area contributed by atoms with Gasteiger partial charge in [-0.05, 0) is 49.2 Å². The summed E-state index contributed by atoms with van der Waals surface area (Å²) in [5, 5.41) is 6.04. The Hall–Kier alpha value is -1.98. The summed E-state index contributed by atoms with van der Waals surface area (Å²) in [6.07, 6.45) is 4.03. The quantitative estimate of drug-likeness (QED) is 0.705. The summed E-state index contributed by atoms with van der Waals surface area (Å²) in [5.74, 6) is 0.0216. The minimum atomic E-state index is -0.352. The van der Waals surface area contributed by atoms with Gasteiger partial charge in [-0.1, -0.05) is 17.7 Å². The lowest BCUT2D eigenvalue weighted by Crippen LogP contribution is -2.34. The highest BCUT2D eigenvalue weighted by molar-refractivity contribution is 6.30. The third-order valence-electron chi connectivity index (χ3n) is 4.91. The molecule has 0 saturated carbocycles. The highest BCUT2D eigenvalue weighted by Gasteiger charge is 2.25. The van der Waals surface area contributed by atoms with Crippen LogP contribution in [0.15, 0.2) is 36.5 Å². The van der Waals surface area contributed by atoms with Crippen LogP contribution in [0, 0.1) is 5.82 Å². The smallest absolute Gasteiger partial charge is 0.157 e. The van der Waals surface area contributed by atoms with Gasteiger partial charge < -0.3 is 0 Å². The first-order valence-corrected chi connectivity index (χ1v) is 8.93. The van der Waals surface area contributed by atoms with E-state index in [1.165, 1.54) is 6.07 Å². The van der Waals surface area contributed by atoms with E-state index in [2.05, 4.69) is 16.0 Å². The molecule has 4 nitrogen and oxygen atoms in total. The van der Waals surface area contributed by atoms with Crippen molar-refractivity contribution in [1.82, 2.24) is 19.7 Å². The zero-order valence-corrected chi connectivity index (χ0v) is 14.9. The minimum absolute atomic E-state index is 0.174. The number of aryl methyl sites for hydroxylation is 1. The van der Waals surface area contributed by atoms with Gasteiger partial charge in [0.25, 0.3) is 0 Å². The van der Waals surface area contributed by atoms with Crippen molar-refractivity contribution in [2.45, 2.75) is 25.3 Å². The lowest BCUT2D eigenvalue weighted by molar-refractivity contribution is 0.198. The largest absolute Gasteiger partial charge is 0.298 e. The second-order valence-electron chi connectivity index (χ2n) is 6.71. The molecule has 1 aromatic carbocycles. The van der Waals surface area contributed by atoms with Gasteiger partial charge in [-0.15, -0.1) is 0 Å². The van der Waals surface area contributed by atoms with Crippen LogP contribution in [0.5, 0.6) is 0 Å². The van der Waals surface area contributed by atoms with Gasteiger partial charge in [-0.3, -0.25) is 9.58 Å². The van der Waals surface area contributed by atoms with E-state index in [1.54, 1.807) is 12.3 Å². The molecule has 3 aromatic rings. The van der Waals surface area contributed by atoms with Crippen molar-refractivity contribution in [3.8, 4) is 0 Å². The molecule has 1 aliphatic heterocycles. The Balaban J connectivity index is 1.55. The van der Waals surface area contributed by atoms with Gasteiger partial charge in [-0.25, -0.2) is 9.37 Å². The van der Waals surface area contributed by atoms with Crippen molar-refractivity contribution in [3.05, 3.63) is 58.6 Å². The summed E-state index contributed by atoms with van der Waals surface area (Å²) in [4.78, 5) is 6.80. The Labute approximate surface area is 151 Å². The molecule has 1 saturated heterocycles. The van der Waals surface area contributed by atoms with Crippen LogP contribution in [0.3, 0.4) is 0 Å². The van der Waals surface area contributed by atoms with Crippen LogP contribution in [0.25, 0.3) is 11.0 Å². The summed E-state index contributed by atoms with van der Waals surface area (Å²) < 4.78 is 15.5. The predicted molar refractivity (Wildman–Crippen MR) is 97.2 cm³/mol. The number of nitrogens with zero attached hydrogens (tertiary/aromatic N) is 4. The van der Waals surface area contributed by atoms with Crippen LogP contribution in [0.1, 0.15) is 30.0 Å². The van der Waals surface area contributed by atoms with E-state index in [4.69, 9.17) is 16.7 Å². The maximum absolute atomic E-state index is 13.7. The van der Waals surface area contributed by atoms with Gasteiger partial charge >= 0.3 is 0 Å². The van der Waals surface area contributed by atoms with E-state index in [0.29, 0.717) is 5.92 Å². The van der Waals surface area contributed by atoms with Crippen molar-refractivity contribution in [2.75, 3.05) is 13.1 Å². The number of likely N-dealkylation sites (tertiary alicyclic amines) is 1. The van der Waals surface area contributed by atoms with E-state index in [1.807, 2.05) is 23.9 Å². The van der Waals surface area contributed by atoms with Crippen molar-refractivity contribution >= 4 is 22.6 Å². The Kier molecular flexibility index (Phi) is 4.44. The van der Waals surface area contributed by atoms with Crippen molar-refractivity contribution in [3.63, 3.8) is 0 Å². The molecule has 0 N–H and O–H groups in total. The van der Waals surface area contributed by atoms with Gasteiger partial charge in [-0.2, -0.15) is 5.10 Å². The fourth-order valence-corrected chi connectivity index (χ4v) is 3.86. The number of hydrogen-bond donors (Lipinski definition) is 0. The van der Waals surface area contributed by atoms with E-state index in [0.717, 1.165) is 54.8 Å². The Bertz CT molecular complexity index is 908. The molecule has 0 bridgehead atoms. The van der Waals surface area contributed by atoms with Crippen LogP contribution in [0.2, 0.25) is 5.02 Å². The van der Waals surface area contributed by atoms with Crippen LogP contribution >= 0.6 is 11.6 Å². The molecule has 0 amide bonds. The Morgan fingerprint density at radius 2 is 2.20 bits per heavy atom. The molecule has 1 aliphatic rings. The van der Waals surface area contributed by atoms with Gasteiger partial charge in [0.05, 0.1) is 10.7 Å². The van der Waals surface area contributed by atoms with Crippen molar-refractivity contribution in [1.29, 1.82) is 0 Å². The molecule has 0 spiro atoms. The average Bonchev–Trinajstić information content (AvgIpc) is 2.96. The van der Waals surface area contributed by atoms with Crippen LogP contribution in [-0.2, 0) is 13.6 Å². The molecule has 25 heavy (non-hydrogen) atoms. The zero-order valence-electron chi connectivity index (χ0n) is 14.1. The molecule has 4 rings (SSSR count). The molecular formula is C19H20ClFN4. The lowest BCUT2D eigenvalue weighted by Gasteiger charge is -2.32. The fraction of sp³-hybridized carbons (Fsp3) is 0.368. The maximum Gasteiger partial charge on any atom is 0.157 e. The molecule has 1 atom stereocenters. The molecule has 130 valence electrons. The molecule has 1 fully saturated rings. The molecule has 2 aromatic heterocycles. The lowest BCUT2D eigenvalue weighted by atomic mass is 9.93. The summed E-state index contributed by atoms with van der Waals surface area (Å²) in [7, 11) is 1.94. The zero-order chi connectivity index (χ0) is 17.4. The molecule has 0 radical (unpaired) electrons. The first-order valence-electron chi connectivity index (χ1n) is 8.55. The normalized spacial score (nSPS) is 18.8. The van der Waals surface area contributed by atoms with E-state index in [-0.39, 0.29) is 10.8 Å². The molecule has 3 heterocycles. The van der Waals surface area contributed by atoms with Crippen molar-refractivity contribution in [2.24, 2.45) is 7.05 Å². The number of aromatic nitrogens is 3. The number of fused-ring (bicyclic) bond motifs is 1. The second kappa shape index (κ2) is 6.73. The second-order valence-corrected chi connectivity index (χ2v) is 7.11.